The summed E-state index contributed by atoms with van der Waals surface area (Å²) in [7, 11) is 1.22. The van der Waals surface area contributed by atoms with Gasteiger partial charge < -0.3 is 24.7 Å². The zero-order valence-electron chi connectivity index (χ0n) is 20.6. The number of nitrogens with one attached hydrogen (secondary N) is 3. The highest BCUT2D eigenvalue weighted by Gasteiger charge is 2.36. The Labute approximate surface area is 203 Å². The molecule has 3 rings (SSSR count). The molecule has 0 aromatic carbocycles. The molecule has 2 fully saturated rings. The van der Waals surface area contributed by atoms with E-state index in [1.807, 2.05) is 0 Å². The summed E-state index contributed by atoms with van der Waals surface area (Å²) >= 11 is 0. The number of carbonyl (C=O) groups is 4. The van der Waals surface area contributed by atoms with Crippen molar-refractivity contribution in [3.05, 3.63) is 28.7 Å². The molecule has 11 nitrogen and oxygen atoms in total. The number of aromatic nitrogens is 1. The minimum Gasteiger partial charge on any atom is -0.467 e. The van der Waals surface area contributed by atoms with Gasteiger partial charge in [0.15, 0.2) is 0 Å². The predicted molar refractivity (Wildman–Crippen MR) is 127 cm³/mol. The lowest BCUT2D eigenvalue weighted by Crippen LogP contribution is -2.47. The fraction of sp³-hybridized carbons (Fsp3) is 0.625. The van der Waals surface area contributed by atoms with E-state index < -0.39 is 47.1 Å². The largest absolute Gasteiger partial charge is 0.467 e. The van der Waals surface area contributed by atoms with Gasteiger partial charge in [-0.1, -0.05) is 12.8 Å². The molecule has 1 saturated heterocycles. The van der Waals surface area contributed by atoms with Gasteiger partial charge in [0.05, 0.1) is 7.11 Å². The van der Waals surface area contributed by atoms with Crippen LogP contribution in [0.2, 0.25) is 0 Å². The van der Waals surface area contributed by atoms with Crippen molar-refractivity contribution in [2.75, 3.05) is 19.0 Å². The lowest BCUT2D eigenvalue weighted by Gasteiger charge is -2.24. The summed E-state index contributed by atoms with van der Waals surface area (Å²) in [6.45, 7) is 5.64. The molecule has 11 heteroatoms. The summed E-state index contributed by atoms with van der Waals surface area (Å²) < 4.78 is 11.3. The third kappa shape index (κ3) is 7.30. The molecule has 1 aliphatic carbocycles. The summed E-state index contributed by atoms with van der Waals surface area (Å²) in [4.78, 5) is 63.1. The number of hydrogen-bond acceptors (Lipinski definition) is 7. The van der Waals surface area contributed by atoms with Crippen molar-refractivity contribution in [1.82, 2.24) is 15.2 Å². The molecule has 0 radical (unpaired) electrons. The van der Waals surface area contributed by atoms with Crippen molar-refractivity contribution in [3.8, 4) is 0 Å². The number of hydrogen-bond donors (Lipinski definition) is 3. The number of rotatable bonds is 9. The van der Waals surface area contributed by atoms with Gasteiger partial charge >= 0.3 is 12.1 Å². The van der Waals surface area contributed by atoms with E-state index in [2.05, 4.69) is 16.0 Å². The Balaban J connectivity index is 1.81. The first-order chi connectivity index (χ1) is 16.5. The van der Waals surface area contributed by atoms with Crippen LogP contribution in [-0.4, -0.2) is 53.7 Å². The van der Waals surface area contributed by atoms with E-state index in [0.717, 1.165) is 12.8 Å². The third-order valence-electron chi connectivity index (χ3n) is 5.99. The van der Waals surface area contributed by atoms with Crippen LogP contribution in [-0.2, 0) is 23.9 Å². The van der Waals surface area contributed by atoms with Crippen LogP contribution < -0.4 is 21.5 Å². The van der Waals surface area contributed by atoms with Crippen LogP contribution in [0.25, 0.3) is 0 Å². The number of anilines is 1. The molecule has 1 saturated carbocycles. The summed E-state index contributed by atoms with van der Waals surface area (Å²) in [5, 5.41) is 7.86. The van der Waals surface area contributed by atoms with Crippen LogP contribution in [0.15, 0.2) is 23.1 Å². The smallest absolute Gasteiger partial charge is 0.412 e. The van der Waals surface area contributed by atoms with Crippen molar-refractivity contribution in [2.45, 2.75) is 70.6 Å². The van der Waals surface area contributed by atoms with Crippen LogP contribution in [0.5, 0.6) is 0 Å². The van der Waals surface area contributed by atoms with Crippen molar-refractivity contribution in [3.63, 3.8) is 0 Å². The Morgan fingerprint density at radius 2 is 1.89 bits per heavy atom. The first-order valence-electron chi connectivity index (χ1n) is 11.9. The summed E-state index contributed by atoms with van der Waals surface area (Å²) in [5.41, 5.74) is -1.34. The fourth-order valence-electron chi connectivity index (χ4n) is 4.06. The third-order valence-corrected chi connectivity index (χ3v) is 5.99. The maximum absolute atomic E-state index is 13.4. The second-order valence-electron chi connectivity index (χ2n) is 10.1. The van der Waals surface area contributed by atoms with Gasteiger partial charge in [-0.25, -0.2) is 9.59 Å². The Morgan fingerprint density at radius 3 is 2.46 bits per heavy atom. The van der Waals surface area contributed by atoms with Gasteiger partial charge in [-0.05, 0) is 58.1 Å². The molecule has 1 aliphatic heterocycles. The standard InChI is InChI=1S/C24H34N4O7/c1-24(2,3)35-23(33)27-16-6-5-11-28(21(16)31)18(12-14-7-8-14)20(30)26-17(22(32)34-4)13-15-9-10-25-19(15)29/h5-6,11,14-15,17-18H,7-10,12-13H2,1-4H3,(H,25,29)(H,26,30)(H,27,33)/t15-,17-,18-/m0/s1. The topological polar surface area (TPSA) is 145 Å². The molecule has 1 aromatic heterocycles. The van der Waals surface area contributed by atoms with Crippen LogP contribution in [0, 0.1) is 11.8 Å². The molecular weight excluding hydrogens is 456 g/mol. The van der Waals surface area contributed by atoms with Crippen molar-refractivity contribution >= 4 is 29.6 Å². The summed E-state index contributed by atoms with van der Waals surface area (Å²) in [5.74, 6) is -1.49. The zero-order chi connectivity index (χ0) is 25.8. The molecule has 3 atom stereocenters. The normalized spacial score (nSPS) is 19.3. The van der Waals surface area contributed by atoms with Gasteiger partial charge in [0.25, 0.3) is 5.56 Å². The fourth-order valence-corrected chi connectivity index (χ4v) is 4.06. The molecule has 3 amide bonds. The number of pyridine rings is 1. The minimum atomic E-state index is -1.03. The van der Waals surface area contributed by atoms with Crippen LogP contribution in [0.3, 0.4) is 0 Å². The van der Waals surface area contributed by atoms with Crippen molar-refractivity contribution in [2.24, 2.45) is 11.8 Å². The van der Waals surface area contributed by atoms with Gasteiger partial charge in [0, 0.05) is 18.7 Å². The molecule has 3 N–H and O–H groups in total. The first kappa shape index (κ1) is 26.2. The number of methoxy groups -OCH3 is 1. The highest BCUT2D eigenvalue weighted by Crippen LogP contribution is 2.37. The predicted octanol–water partition coefficient (Wildman–Crippen LogP) is 1.72. The monoisotopic (exact) mass is 490 g/mol. The average Bonchev–Trinajstić information content (AvgIpc) is 3.51. The Hall–Kier alpha value is -3.37. The Kier molecular flexibility index (Phi) is 8.18. The van der Waals surface area contributed by atoms with Crippen LogP contribution in [0.4, 0.5) is 10.5 Å². The number of carbonyl (C=O) groups excluding carboxylic acids is 4. The van der Waals surface area contributed by atoms with E-state index >= 15 is 0 Å². The molecule has 2 aliphatic rings. The van der Waals surface area contributed by atoms with Gasteiger partial charge in [-0.3, -0.25) is 19.7 Å². The molecule has 0 bridgehead atoms. The number of amides is 3. The summed E-state index contributed by atoms with van der Waals surface area (Å²) in [6, 6.07) is 1.06. The molecule has 0 unspecified atom stereocenters. The van der Waals surface area contributed by atoms with Crippen molar-refractivity contribution in [1.29, 1.82) is 0 Å². The zero-order valence-corrected chi connectivity index (χ0v) is 20.6. The summed E-state index contributed by atoms with van der Waals surface area (Å²) in [6.07, 6.45) is 3.65. The van der Waals surface area contributed by atoms with Crippen LogP contribution in [0.1, 0.15) is 58.9 Å². The highest BCUT2D eigenvalue weighted by molar-refractivity contribution is 5.88. The molecular formula is C24H34N4O7. The number of ether oxygens (including phenoxy) is 2. The van der Waals surface area contributed by atoms with E-state index in [1.54, 1.807) is 26.8 Å². The second-order valence-corrected chi connectivity index (χ2v) is 10.1. The Morgan fingerprint density at radius 1 is 1.17 bits per heavy atom. The van der Waals surface area contributed by atoms with Crippen LogP contribution >= 0.6 is 0 Å². The maximum atomic E-state index is 13.4. The van der Waals surface area contributed by atoms with E-state index in [1.165, 1.54) is 23.9 Å². The highest BCUT2D eigenvalue weighted by atomic mass is 16.6. The number of nitrogens with zero attached hydrogens (tertiary/aromatic N) is 1. The first-order valence-corrected chi connectivity index (χ1v) is 11.9. The van der Waals surface area contributed by atoms with Crippen molar-refractivity contribution < 1.29 is 28.7 Å². The van der Waals surface area contributed by atoms with Gasteiger partial charge in [-0.15, -0.1) is 0 Å². The lowest BCUT2D eigenvalue weighted by molar-refractivity contribution is -0.146. The second kappa shape index (κ2) is 10.9. The molecule has 192 valence electrons. The average molecular weight is 491 g/mol. The quantitative estimate of drug-likeness (QED) is 0.447. The molecule has 0 spiro atoms. The maximum Gasteiger partial charge on any atom is 0.412 e. The van der Waals surface area contributed by atoms with E-state index in [-0.39, 0.29) is 23.9 Å². The van der Waals surface area contributed by atoms with Gasteiger partial charge in [0.1, 0.15) is 23.4 Å². The van der Waals surface area contributed by atoms with E-state index in [4.69, 9.17) is 9.47 Å². The SMILES string of the molecule is COC(=O)[C@H](C[C@@H]1CCNC1=O)NC(=O)[C@H](CC1CC1)n1cccc(NC(=O)OC(C)(C)C)c1=O. The lowest BCUT2D eigenvalue weighted by atomic mass is 9.97. The van der Waals surface area contributed by atoms with E-state index in [0.29, 0.717) is 19.4 Å². The molecule has 1 aromatic rings. The number of esters is 1. The van der Waals surface area contributed by atoms with E-state index in [9.17, 15) is 24.0 Å². The molecule has 2 heterocycles. The van der Waals surface area contributed by atoms with Gasteiger partial charge in [0.2, 0.25) is 11.8 Å². The van der Waals surface area contributed by atoms with Gasteiger partial charge in [-0.2, -0.15) is 0 Å². The minimum absolute atomic E-state index is 0.0255. The molecule has 35 heavy (non-hydrogen) atoms. The Bertz CT molecular complexity index is 1030.